The number of ether oxygens (including phenoxy) is 1. The van der Waals surface area contributed by atoms with E-state index < -0.39 is 0 Å². The number of nitrogens with zero attached hydrogens (tertiary/aromatic N) is 2. The molecule has 0 bridgehead atoms. The summed E-state index contributed by atoms with van der Waals surface area (Å²) in [5.74, 6) is 0.335. The molecule has 1 heterocycles. The van der Waals surface area contributed by atoms with Crippen LogP contribution >= 0.6 is 0 Å². The third-order valence-electron chi connectivity index (χ3n) is 2.85. The van der Waals surface area contributed by atoms with E-state index in [4.69, 9.17) is 4.74 Å². The maximum atomic E-state index is 11.1. The zero-order chi connectivity index (χ0) is 11.4. The van der Waals surface area contributed by atoms with Crippen LogP contribution < -0.4 is 4.74 Å². The first-order valence-electron chi connectivity index (χ1n) is 5.77. The number of hydrogen-bond acceptors (Lipinski definition) is 4. The van der Waals surface area contributed by atoms with Crippen molar-refractivity contribution in [3.05, 3.63) is 18.0 Å². The summed E-state index contributed by atoms with van der Waals surface area (Å²) in [7, 11) is 0. The van der Waals surface area contributed by atoms with Crippen molar-refractivity contribution >= 4 is 5.78 Å². The molecule has 1 aromatic heterocycles. The quantitative estimate of drug-likeness (QED) is 0.781. The van der Waals surface area contributed by atoms with E-state index in [1.807, 2.05) is 0 Å². The van der Waals surface area contributed by atoms with Gasteiger partial charge in [0.1, 0.15) is 11.9 Å². The molecule has 16 heavy (non-hydrogen) atoms. The second kappa shape index (κ2) is 5.05. The SMILES string of the molecule is CCc1cnc(OC2CCC(=O)CC2)nc1. The molecule has 2 rings (SSSR count). The number of carbonyl (C=O) groups is 1. The highest BCUT2D eigenvalue weighted by molar-refractivity contribution is 5.79. The van der Waals surface area contributed by atoms with Gasteiger partial charge >= 0.3 is 6.01 Å². The van der Waals surface area contributed by atoms with E-state index in [0.29, 0.717) is 24.6 Å². The van der Waals surface area contributed by atoms with E-state index in [-0.39, 0.29) is 6.10 Å². The number of Topliss-reactive ketones (excluding diaryl/α,β-unsaturated/α-hetero) is 1. The molecule has 0 N–H and O–H groups in total. The van der Waals surface area contributed by atoms with Crippen molar-refractivity contribution in [2.45, 2.75) is 45.1 Å². The van der Waals surface area contributed by atoms with Crippen molar-refractivity contribution < 1.29 is 9.53 Å². The molecule has 0 aromatic carbocycles. The van der Waals surface area contributed by atoms with Crippen molar-refractivity contribution in [3.8, 4) is 6.01 Å². The number of aromatic nitrogens is 2. The Kier molecular flexibility index (Phi) is 3.49. The van der Waals surface area contributed by atoms with E-state index in [1.165, 1.54) is 0 Å². The lowest BCUT2D eigenvalue weighted by Gasteiger charge is -2.20. The second-order valence-electron chi connectivity index (χ2n) is 4.08. The molecule has 1 saturated carbocycles. The standard InChI is InChI=1S/C12H16N2O2/c1-2-9-7-13-12(14-8-9)16-11-5-3-10(15)4-6-11/h7-8,11H,2-6H2,1H3. The van der Waals surface area contributed by atoms with Gasteiger partial charge in [-0.05, 0) is 24.8 Å². The summed E-state index contributed by atoms with van der Waals surface area (Å²) in [6.45, 7) is 2.06. The molecule has 0 atom stereocenters. The van der Waals surface area contributed by atoms with Gasteiger partial charge in [-0.15, -0.1) is 0 Å². The van der Waals surface area contributed by atoms with Gasteiger partial charge in [0.15, 0.2) is 0 Å². The molecule has 1 aliphatic rings. The molecule has 0 unspecified atom stereocenters. The fourth-order valence-electron chi connectivity index (χ4n) is 1.77. The normalized spacial score (nSPS) is 17.4. The molecule has 1 aromatic rings. The summed E-state index contributed by atoms with van der Waals surface area (Å²) in [5.41, 5.74) is 1.10. The van der Waals surface area contributed by atoms with Crippen LogP contribution in [0.15, 0.2) is 12.4 Å². The summed E-state index contributed by atoms with van der Waals surface area (Å²) in [6.07, 6.45) is 7.43. The minimum absolute atomic E-state index is 0.102. The summed E-state index contributed by atoms with van der Waals surface area (Å²) < 4.78 is 5.63. The highest BCUT2D eigenvalue weighted by atomic mass is 16.5. The third kappa shape index (κ3) is 2.78. The van der Waals surface area contributed by atoms with Crippen molar-refractivity contribution in [1.29, 1.82) is 0 Å². The lowest BCUT2D eigenvalue weighted by molar-refractivity contribution is -0.121. The molecular weight excluding hydrogens is 204 g/mol. The van der Waals surface area contributed by atoms with E-state index in [1.54, 1.807) is 12.4 Å². The number of aryl methyl sites for hydroxylation is 1. The molecule has 0 aliphatic heterocycles. The maximum absolute atomic E-state index is 11.1. The molecule has 0 amide bonds. The molecule has 4 heteroatoms. The fourth-order valence-corrected chi connectivity index (χ4v) is 1.77. The van der Waals surface area contributed by atoms with Crippen LogP contribution in [0.2, 0.25) is 0 Å². The summed E-state index contributed by atoms with van der Waals surface area (Å²) in [4.78, 5) is 19.3. The topological polar surface area (TPSA) is 52.1 Å². The summed E-state index contributed by atoms with van der Waals surface area (Å²) in [6, 6.07) is 0.427. The summed E-state index contributed by atoms with van der Waals surface area (Å²) >= 11 is 0. The van der Waals surface area contributed by atoms with Crippen LogP contribution in [-0.2, 0) is 11.2 Å². The average molecular weight is 220 g/mol. The van der Waals surface area contributed by atoms with Crippen LogP contribution in [0.4, 0.5) is 0 Å². The van der Waals surface area contributed by atoms with E-state index >= 15 is 0 Å². The van der Waals surface area contributed by atoms with Crippen molar-refractivity contribution in [3.63, 3.8) is 0 Å². The van der Waals surface area contributed by atoms with Crippen LogP contribution in [-0.4, -0.2) is 21.9 Å². The minimum Gasteiger partial charge on any atom is -0.460 e. The Bertz CT molecular complexity index is 352. The minimum atomic E-state index is 0.102. The molecule has 0 saturated heterocycles. The van der Waals surface area contributed by atoms with Crippen LogP contribution in [0.1, 0.15) is 38.2 Å². The van der Waals surface area contributed by atoms with Crippen LogP contribution in [0.3, 0.4) is 0 Å². The van der Waals surface area contributed by atoms with Gasteiger partial charge in [0.2, 0.25) is 0 Å². The molecule has 4 nitrogen and oxygen atoms in total. The van der Waals surface area contributed by atoms with Crippen LogP contribution in [0, 0.1) is 0 Å². The first-order valence-corrected chi connectivity index (χ1v) is 5.77. The van der Waals surface area contributed by atoms with E-state index in [2.05, 4.69) is 16.9 Å². The number of carbonyl (C=O) groups excluding carboxylic acids is 1. The fraction of sp³-hybridized carbons (Fsp3) is 0.583. The number of ketones is 1. The molecule has 1 aliphatic carbocycles. The van der Waals surface area contributed by atoms with Crippen molar-refractivity contribution in [2.24, 2.45) is 0 Å². The van der Waals surface area contributed by atoms with E-state index in [0.717, 1.165) is 24.8 Å². The van der Waals surface area contributed by atoms with Gasteiger partial charge in [-0.1, -0.05) is 6.92 Å². The Balaban J connectivity index is 1.90. The van der Waals surface area contributed by atoms with Crippen molar-refractivity contribution in [1.82, 2.24) is 9.97 Å². The first-order chi connectivity index (χ1) is 7.78. The third-order valence-corrected chi connectivity index (χ3v) is 2.85. The Hall–Kier alpha value is -1.45. The lowest BCUT2D eigenvalue weighted by atomic mass is 9.97. The first kappa shape index (κ1) is 11.0. The largest absolute Gasteiger partial charge is 0.460 e. The number of rotatable bonds is 3. The highest BCUT2D eigenvalue weighted by Gasteiger charge is 2.20. The monoisotopic (exact) mass is 220 g/mol. The van der Waals surface area contributed by atoms with Gasteiger partial charge in [0, 0.05) is 25.2 Å². The van der Waals surface area contributed by atoms with E-state index in [9.17, 15) is 4.79 Å². The molecular formula is C12H16N2O2. The summed E-state index contributed by atoms with van der Waals surface area (Å²) in [5, 5.41) is 0. The maximum Gasteiger partial charge on any atom is 0.316 e. The lowest BCUT2D eigenvalue weighted by Crippen LogP contribution is -2.24. The second-order valence-corrected chi connectivity index (χ2v) is 4.08. The van der Waals surface area contributed by atoms with Crippen LogP contribution in [0.25, 0.3) is 0 Å². The Morgan fingerprint density at radius 3 is 2.50 bits per heavy atom. The Labute approximate surface area is 95.1 Å². The van der Waals surface area contributed by atoms with Gasteiger partial charge in [0.05, 0.1) is 0 Å². The predicted molar refractivity (Wildman–Crippen MR) is 59.3 cm³/mol. The van der Waals surface area contributed by atoms with Gasteiger partial charge in [-0.3, -0.25) is 4.79 Å². The van der Waals surface area contributed by atoms with Gasteiger partial charge in [-0.25, -0.2) is 9.97 Å². The van der Waals surface area contributed by atoms with Gasteiger partial charge in [-0.2, -0.15) is 0 Å². The smallest absolute Gasteiger partial charge is 0.316 e. The van der Waals surface area contributed by atoms with Gasteiger partial charge < -0.3 is 4.74 Å². The molecule has 1 fully saturated rings. The zero-order valence-electron chi connectivity index (χ0n) is 9.48. The Morgan fingerprint density at radius 2 is 1.94 bits per heavy atom. The van der Waals surface area contributed by atoms with Crippen molar-refractivity contribution in [2.75, 3.05) is 0 Å². The highest BCUT2D eigenvalue weighted by Crippen LogP contribution is 2.19. The molecule has 0 spiro atoms. The van der Waals surface area contributed by atoms with Gasteiger partial charge in [0.25, 0.3) is 0 Å². The Morgan fingerprint density at radius 1 is 1.31 bits per heavy atom. The van der Waals surface area contributed by atoms with Crippen LogP contribution in [0.5, 0.6) is 6.01 Å². The average Bonchev–Trinajstić information content (AvgIpc) is 2.33. The molecule has 86 valence electrons. The zero-order valence-corrected chi connectivity index (χ0v) is 9.48. The predicted octanol–water partition coefficient (Wildman–Crippen LogP) is 1.93. The number of hydrogen-bond donors (Lipinski definition) is 0. The molecule has 0 radical (unpaired) electrons.